The Balaban J connectivity index is 1.77. The minimum Gasteiger partial charge on any atom is -0.497 e. The van der Waals surface area contributed by atoms with E-state index in [9.17, 15) is 14.4 Å². The average Bonchev–Trinajstić information content (AvgIpc) is 2.64. The molecule has 0 fully saturated rings. The van der Waals surface area contributed by atoms with E-state index in [-0.39, 0.29) is 6.54 Å². The second-order valence-corrected chi connectivity index (χ2v) is 5.36. The number of nitrogens with one attached hydrogen (secondary N) is 3. The highest BCUT2D eigenvalue weighted by molar-refractivity contribution is 6.30. The van der Waals surface area contributed by atoms with Crippen molar-refractivity contribution in [1.29, 1.82) is 0 Å². The van der Waals surface area contributed by atoms with Gasteiger partial charge in [0.25, 0.3) is 17.7 Å². The van der Waals surface area contributed by atoms with E-state index in [1.165, 1.54) is 19.2 Å². The van der Waals surface area contributed by atoms with Crippen LogP contribution in [0.4, 0.5) is 0 Å². The fourth-order valence-corrected chi connectivity index (χ4v) is 1.98. The van der Waals surface area contributed by atoms with Gasteiger partial charge in [0.15, 0.2) is 0 Å². The van der Waals surface area contributed by atoms with Crippen molar-refractivity contribution in [2.24, 2.45) is 0 Å². The topological polar surface area (TPSA) is 96.5 Å². The van der Waals surface area contributed by atoms with Gasteiger partial charge in [0.2, 0.25) is 0 Å². The van der Waals surface area contributed by atoms with Crippen molar-refractivity contribution >= 4 is 29.3 Å². The fourth-order valence-electron chi connectivity index (χ4n) is 1.85. The molecule has 2 rings (SSSR count). The third-order valence-corrected chi connectivity index (χ3v) is 3.44. The Labute approximate surface area is 149 Å². The van der Waals surface area contributed by atoms with Crippen LogP contribution in [0, 0.1) is 0 Å². The van der Waals surface area contributed by atoms with Crippen molar-refractivity contribution in [2.75, 3.05) is 13.7 Å². The number of methoxy groups -OCH3 is 1. The number of ether oxygens (including phenoxy) is 1. The molecule has 0 aliphatic heterocycles. The molecule has 8 heteroatoms. The Morgan fingerprint density at radius 3 is 2.04 bits per heavy atom. The molecular formula is C17H16ClN3O4. The Morgan fingerprint density at radius 2 is 1.44 bits per heavy atom. The van der Waals surface area contributed by atoms with Gasteiger partial charge in [0.1, 0.15) is 5.75 Å². The van der Waals surface area contributed by atoms with Crippen LogP contribution in [-0.4, -0.2) is 31.4 Å². The molecule has 0 saturated heterocycles. The standard InChI is InChI=1S/C17H16ClN3O4/c1-25-14-8-4-11(5-9-14)16(23)19-10-15(22)20-21-17(24)12-2-6-13(18)7-3-12/h2-9H,10H2,1H3,(H,19,23)(H,20,22)(H,21,24). The van der Waals surface area contributed by atoms with Crippen molar-refractivity contribution < 1.29 is 19.1 Å². The lowest BCUT2D eigenvalue weighted by molar-refractivity contribution is -0.120. The molecule has 0 aliphatic carbocycles. The van der Waals surface area contributed by atoms with Crippen LogP contribution in [0.15, 0.2) is 48.5 Å². The molecule has 0 bridgehead atoms. The van der Waals surface area contributed by atoms with E-state index in [2.05, 4.69) is 16.2 Å². The Kier molecular flexibility index (Phi) is 6.36. The van der Waals surface area contributed by atoms with Crippen molar-refractivity contribution in [1.82, 2.24) is 16.2 Å². The molecule has 0 unspecified atom stereocenters. The fraction of sp³-hybridized carbons (Fsp3) is 0.118. The molecule has 0 aromatic heterocycles. The van der Waals surface area contributed by atoms with Gasteiger partial charge in [0.05, 0.1) is 13.7 Å². The summed E-state index contributed by atoms with van der Waals surface area (Å²) in [6, 6.07) is 12.6. The van der Waals surface area contributed by atoms with E-state index < -0.39 is 17.7 Å². The van der Waals surface area contributed by atoms with Gasteiger partial charge in [-0.25, -0.2) is 0 Å². The lowest BCUT2D eigenvalue weighted by Crippen LogP contribution is -2.46. The number of benzene rings is 2. The smallest absolute Gasteiger partial charge is 0.269 e. The minimum absolute atomic E-state index is 0.286. The zero-order valence-electron chi connectivity index (χ0n) is 13.3. The molecule has 130 valence electrons. The van der Waals surface area contributed by atoms with E-state index >= 15 is 0 Å². The Morgan fingerprint density at radius 1 is 0.880 bits per heavy atom. The van der Waals surface area contributed by atoms with Crippen LogP contribution in [0.5, 0.6) is 5.75 Å². The van der Waals surface area contributed by atoms with E-state index in [4.69, 9.17) is 16.3 Å². The second kappa shape index (κ2) is 8.70. The molecular weight excluding hydrogens is 346 g/mol. The summed E-state index contributed by atoms with van der Waals surface area (Å²) in [6.07, 6.45) is 0. The highest BCUT2D eigenvalue weighted by Crippen LogP contribution is 2.11. The summed E-state index contributed by atoms with van der Waals surface area (Å²) in [5.74, 6) is -0.850. The molecule has 0 spiro atoms. The van der Waals surface area contributed by atoms with Crippen LogP contribution in [0.3, 0.4) is 0 Å². The van der Waals surface area contributed by atoms with Crippen molar-refractivity contribution in [3.63, 3.8) is 0 Å². The highest BCUT2D eigenvalue weighted by Gasteiger charge is 2.10. The van der Waals surface area contributed by atoms with E-state index in [1.54, 1.807) is 36.4 Å². The molecule has 0 heterocycles. The number of amides is 3. The lowest BCUT2D eigenvalue weighted by atomic mass is 10.2. The first-order chi connectivity index (χ1) is 12.0. The molecule has 3 N–H and O–H groups in total. The predicted octanol–water partition coefficient (Wildman–Crippen LogP) is 1.54. The van der Waals surface area contributed by atoms with E-state index in [0.29, 0.717) is 21.9 Å². The summed E-state index contributed by atoms with van der Waals surface area (Å²) in [7, 11) is 1.53. The van der Waals surface area contributed by atoms with E-state index in [0.717, 1.165) is 0 Å². The average molecular weight is 362 g/mol. The number of halogens is 1. The monoisotopic (exact) mass is 361 g/mol. The van der Waals surface area contributed by atoms with Crippen molar-refractivity contribution in [2.45, 2.75) is 0 Å². The third kappa shape index (κ3) is 5.50. The molecule has 0 aliphatic rings. The number of hydrogen-bond donors (Lipinski definition) is 3. The molecule has 2 aromatic rings. The van der Waals surface area contributed by atoms with Gasteiger partial charge >= 0.3 is 0 Å². The molecule has 0 saturated carbocycles. The molecule has 3 amide bonds. The van der Waals surface area contributed by atoms with Crippen LogP contribution >= 0.6 is 11.6 Å². The second-order valence-electron chi connectivity index (χ2n) is 4.92. The normalized spacial score (nSPS) is 9.84. The number of rotatable bonds is 5. The van der Waals surface area contributed by atoms with Crippen molar-refractivity contribution in [3.8, 4) is 5.75 Å². The van der Waals surface area contributed by atoms with Gasteiger partial charge in [-0.1, -0.05) is 11.6 Å². The first kappa shape index (κ1) is 18.3. The summed E-state index contributed by atoms with van der Waals surface area (Å²) in [5.41, 5.74) is 5.19. The third-order valence-electron chi connectivity index (χ3n) is 3.18. The SMILES string of the molecule is COc1ccc(C(=O)NCC(=O)NNC(=O)c2ccc(Cl)cc2)cc1. The van der Waals surface area contributed by atoms with E-state index in [1.807, 2.05) is 0 Å². The first-order valence-corrected chi connectivity index (χ1v) is 7.64. The Bertz CT molecular complexity index is 760. The lowest BCUT2D eigenvalue weighted by Gasteiger charge is -2.09. The highest BCUT2D eigenvalue weighted by atomic mass is 35.5. The number of carbonyl (C=O) groups is 3. The van der Waals surface area contributed by atoms with Crippen molar-refractivity contribution in [3.05, 3.63) is 64.7 Å². The summed E-state index contributed by atoms with van der Waals surface area (Å²) in [6.45, 7) is -0.286. The molecule has 25 heavy (non-hydrogen) atoms. The van der Waals surface area contributed by atoms with Crippen LogP contribution in [0.1, 0.15) is 20.7 Å². The summed E-state index contributed by atoms with van der Waals surface area (Å²) < 4.78 is 5.00. The molecule has 0 atom stereocenters. The number of carbonyl (C=O) groups excluding carboxylic acids is 3. The maximum atomic E-state index is 11.9. The van der Waals surface area contributed by atoms with Gasteiger partial charge in [-0.2, -0.15) is 0 Å². The quantitative estimate of drug-likeness (QED) is 0.704. The van der Waals surface area contributed by atoms with Gasteiger partial charge in [0, 0.05) is 16.1 Å². The van der Waals surface area contributed by atoms with Crippen LogP contribution in [0.25, 0.3) is 0 Å². The summed E-state index contributed by atoms with van der Waals surface area (Å²) >= 11 is 5.73. The first-order valence-electron chi connectivity index (χ1n) is 7.26. The van der Waals surface area contributed by atoms with Crippen LogP contribution < -0.4 is 20.9 Å². The Hall–Kier alpha value is -3.06. The van der Waals surface area contributed by atoms with Gasteiger partial charge in [-0.3, -0.25) is 25.2 Å². The zero-order valence-corrected chi connectivity index (χ0v) is 14.1. The largest absolute Gasteiger partial charge is 0.497 e. The molecule has 2 aromatic carbocycles. The predicted molar refractivity (Wildman–Crippen MR) is 92.4 cm³/mol. The maximum Gasteiger partial charge on any atom is 0.269 e. The molecule has 7 nitrogen and oxygen atoms in total. The molecule has 0 radical (unpaired) electrons. The van der Waals surface area contributed by atoms with Crippen LogP contribution in [0.2, 0.25) is 5.02 Å². The van der Waals surface area contributed by atoms with Crippen LogP contribution in [-0.2, 0) is 4.79 Å². The summed E-state index contributed by atoms with van der Waals surface area (Å²) in [5, 5.41) is 2.95. The number of hydrogen-bond acceptors (Lipinski definition) is 4. The van der Waals surface area contributed by atoms with Gasteiger partial charge in [-0.15, -0.1) is 0 Å². The van der Waals surface area contributed by atoms with Gasteiger partial charge in [-0.05, 0) is 48.5 Å². The van der Waals surface area contributed by atoms with Gasteiger partial charge < -0.3 is 10.1 Å². The summed E-state index contributed by atoms with van der Waals surface area (Å²) in [4.78, 5) is 35.4. The minimum atomic E-state index is -0.566. The zero-order chi connectivity index (χ0) is 18.2. The maximum absolute atomic E-state index is 11.9. The number of hydrazine groups is 1.